The zero-order chi connectivity index (χ0) is 17.6. The molecule has 2 heterocycles. The molecule has 0 spiro atoms. The summed E-state index contributed by atoms with van der Waals surface area (Å²) in [6, 6.07) is 9.93. The van der Waals surface area contributed by atoms with Crippen molar-refractivity contribution in [2.45, 2.75) is 24.3 Å². The van der Waals surface area contributed by atoms with Gasteiger partial charge in [-0.05, 0) is 26.0 Å². The third-order valence-corrected chi connectivity index (χ3v) is 4.85. The number of morpholine rings is 1. The molecule has 1 aliphatic rings. The molecule has 7 nitrogen and oxygen atoms in total. The first-order chi connectivity index (χ1) is 12.2. The normalized spacial score (nSPS) is 15.8. The molecule has 8 heteroatoms. The molecule has 25 heavy (non-hydrogen) atoms. The SMILES string of the molecule is CCOC(=O)C(C)Sc1nnc(N2CCOCC2)n1-c1ccccc1. The van der Waals surface area contributed by atoms with Crippen LogP contribution in [0.1, 0.15) is 13.8 Å². The van der Waals surface area contributed by atoms with Gasteiger partial charge in [-0.2, -0.15) is 0 Å². The van der Waals surface area contributed by atoms with E-state index in [1.54, 1.807) is 6.92 Å². The number of para-hydroxylation sites is 1. The molecule has 0 N–H and O–H groups in total. The third-order valence-electron chi connectivity index (χ3n) is 3.83. The van der Waals surface area contributed by atoms with E-state index >= 15 is 0 Å². The van der Waals surface area contributed by atoms with Gasteiger partial charge in [0.15, 0.2) is 5.16 Å². The lowest BCUT2D eigenvalue weighted by atomic mass is 10.3. The minimum atomic E-state index is -0.357. The molecule has 0 aliphatic carbocycles. The first-order valence-corrected chi connectivity index (χ1v) is 9.25. The van der Waals surface area contributed by atoms with E-state index in [-0.39, 0.29) is 11.2 Å². The number of aromatic nitrogens is 3. The summed E-state index contributed by atoms with van der Waals surface area (Å²) in [6.07, 6.45) is 0. The van der Waals surface area contributed by atoms with Crippen molar-refractivity contribution in [1.29, 1.82) is 0 Å². The van der Waals surface area contributed by atoms with E-state index in [2.05, 4.69) is 15.1 Å². The Morgan fingerprint density at radius 2 is 2.00 bits per heavy atom. The van der Waals surface area contributed by atoms with Gasteiger partial charge in [-0.25, -0.2) is 0 Å². The number of hydrogen-bond donors (Lipinski definition) is 0. The highest BCUT2D eigenvalue weighted by Gasteiger charge is 2.25. The fourth-order valence-corrected chi connectivity index (χ4v) is 3.44. The van der Waals surface area contributed by atoms with Crippen molar-refractivity contribution in [2.75, 3.05) is 37.8 Å². The van der Waals surface area contributed by atoms with Gasteiger partial charge in [0.05, 0.1) is 25.5 Å². The number of anilines is 1. The van der Waals surface area contributed by atoms with E-state index in [9.17, 15) is 4.79 Å². The summed E-state index contributed by atoms with van der Waals surface area (Å²) in [6.45, 7) is 6.87. The molecule has 1 aromatic carbocycles. The van der Waals surface area contributed by atoms with Crippen molar-refractivity contribution >= 4 is 23.7 Å². The molecule has 1 atom stereocenters. The van der Waals surface area contributed by atoms with E-state index in [1.807, 2.05) is 41.8 Å². The zero-order valence-corrected chi connectivity index (χ0v) is 15.2. The second kappa shape index (κ2) is 8.35. The molecule has 1 aliphatic heterocycles. The van der Waals surface area contributed by atoms with Gasteiger partial charge in [0.25, 0.3) is 0 Å². The third kappa shape index (κ3) is 4.13. The summed E-state index contributed by atoms with van der Waals surface area (Å²) in [5.41, 5.74) is 0.965. The van der Waals surface area contributed by atoms with Crippen molar-refractivity contribution in [3.05, 3.63) is 30.3 Å². The standard InChI is InChI=1S/C17H22N4O3S/c1-3-24-15(22)13(2)25-17-19-18-16(20-9-11-23-12-10-20)21(17)14-7-5-4-6-8-14/h4-8,13H,3,9-12H2,1-2H3. The van der Waals surface area contributed by atoms with Crippen LogP contribution in [0.25, 0.3) is 5.69 Å². The summed E-state index contributed by atoms with van der Waals surface area (Å²) >= 11 is 1.35. The van der Waals surface area contributed by atoms with Crippen molar-refractivity contribution in [2.24, 2.45) is 0 Å². The summed E-state index contributed by atoms with van der Waals surface area (Å²) in [7, 11) is 0. The van der Waals surface area contributed by atoms with Crippen LogP contribution in [0.15, 0.2) is 35.5 Å². The fraction of sp³-hybridized carbons (Fsp3) is 0.471. The van der Waals surface area contributed by atoms with Crippen LogP contribution in [-0.2, 0) is 14.3 Å². The molecule has 1 saturated heterocycles. The Hall–Kier alpha value is -2.06. The Balaban J connectivity index is 1.92. The quantitative estimate of drug-likeness (QED) is 0.576. The predicted octanol–water partition coefficient (Wildman–Crippen LogP) is 2.15. The number of ether oxygens (including phenoxy) is 2. The molecule has 0 radical (unpaired) electrons. The molecule has 134 valence electrons. The maximum atomic E-state index is 12.0. The number of thioether (sulfide) groups is 1. The van der Waals surface area contributed by atoms with Gasteiger partial charge in [-0.3, -0.25) is 9.36 Å². The van der Waals surface area contributed by atoms with Gasteiger partial charge in [0, 0.05) is 13.1 Å². The molecule has 0 saturated carbocycles. The summed E-state index contributed by atoms with van der Waals surface area (Å²) in [5, 5.41) is 9.04. The van der Waals surface area contributed by atoms with E-state index in [0.717, 1.165) is 24.7 Å². The van der Waals surface area contributed by atoms with Crippen LogP contribution in [0.4, 0.5) is 5.95 Å². The van der Waals surface area contributed by atoms with Gasteiger partial charge in [-0.15, -0.1) is 10.2 Å². The van der Waals surface area contributed by atoms with Crippen LogP contribution in [-0.4, -0.2) is 58.9 Å². The fourth-order valence-electron chi connectivity index (χ4n) is 2.58. The van der Waals surface area contributed by atoms with Crippen LogP contribution in [0, 0.1) is 0 Å². The molecule has 0 bridgehead atoms. The number of benzene rings is 1. The maximum Gasteiger partial charge on any atom is 0.319 e. The zero-order valence-electron chi connectivity index (χ0n) is 14.4. The Morgan fingerprint density at radius 1 is 1.28 bits per heavy atom. The number of nitrogens with zero attached hydrogens (tertiary/aromatic N) is 4. The number of carbonyl (C=O) groups is 1. The van der Waals surface area contributed by atoms with Gasteiger partial charge in [0.1, 0.15) is 5.25 Å². The second-order valence-corrected chi connectivity index (χ2v) is 6.87. The summed E-state index contributed by atoms with van der Waals surface area (Å²) in [4.78, 5) is 14.1. The van der Waals surface area contributed by atoms with Gasteiger partial charge in [-0.1, -0.05) is 30.0 Å². The topological polar surface area (TPSA) is 69.5 Å². The molecular weight excluding hydrogens is 340 g/mol. The van der Waals surface area contributed by atoms with Crippen LogP contribution in [0.5, 0.6) is 0 Å². The van der Waals surface area contributed by atoms with Crippen LogP contribution in [0.2, 0.25) is 0 Å². The highest BCUT2D eigenvalue weighted by molar-refractivity contribution is 8.00. The van der Waals surface area contributed by atoms with Gasteiger partial charge < -0.3 is 14.4 Å². The smallest absolute Gasteiger partial charge is 0.319 e. The lowest BCUT2D eigenvalue weighted by Crippen LogP contribution is -2.37. The van der Waals surface area contributed by atoms with Crippen LogP contribution in [0.3, 0.4) is 0 Å². The Bertz CT molecular complexity index is 701. The number of hydrogen-bond acceptors (Lipinski definition) is 7. The molecule has 3 rings (SSSR count). The average molecular weight is 362 g/mol. The van der Waals surface area contributed by atoms with E-state index < -0.39 is 0 Å². The minimum absolute atomic E-state index is 0.247. The Morgan fingerprint density at radius 3 is 2.68 bits per heavy atom. The second-order valence-electron chi connectivity index (χ2n) is 5.57. The number of carbonyl (C=O) groups excluding carboxylic acids is 1. The van der Waals surface area contributed by atoms with E-state index in [4.69, 9.17) is 9.47 Å². The van der Waals surface area contributed by atoms with Gasteiger partial charge in [0.2, 0.25) is 5.95 Å². The molecule has 1 unspecified atom stereocenters. The molecule has 1 fully saturated rings. The minimum Gasteiger partial charge on any atom is -0.465 e. The van der Waals surface area contributed by atoms with Crippen molar-refractivity contribution < 1.29 is 14.3 Å². The number of esters is 1. The van der Waals surface area contributed by atoms with Crippen molar-refractivity contribution in [3.8, 4) is 5.69 Å². The Labute approximate surface area is 151 Å². The Kier molecular flexibility index (Phi) is 5.93. The molecule has 1 aromatic heterocycles. The first kappa shape index (κ1) is 17.8. The first-order valence-electron chi connectivity index (χ1n) is 8.37. The maximum absolute atomic E-state index is 12.0. The van der Waals surface area contributed by atoms with Gasteiger partial charge >= 0.3 is 5.97 Å². The predicted molar refractivity (Wildman–Crippen MR) is 96.3 cm³/mol. The van der Waals surface area contributed by atoms with Crippen LogP contribution >= 0.6 is 11.8 Å². The molecular formula is C17H22N4O3S. The van der Waals surface area contributed by atoms with E-state index in [1.165, 1.54) is 11.8 Å². The molecule has 0 amide bonds. The van der Waals surface area contributed by atoms with Crippen molar-refractivity contribution in [3.63, 3.8) is 0 Å². The highest BCUT2D eigenvalue weighted by atomic mass is 32.2. The lowest BCUT2D eigenvalue weighted by Gasteiger charge is -2.28. The summed E-state index contributed by atoms with van der Waals surface area (Å²) in [5.74, 6) is 0.524. The monoisotopic (exact) mass is 362 g/mol. The average Bonchev–Trinajstić information content (AvgIpc) is 3.07. The summed E-state index contributed by atoms with van der Waals surface area (Å²) < 4.78 is 12.5. The van der Waals surface area contributed by atoms with Crippen molar-refractivity contribution in [1.82, 2.24) is 14.8 Å². The highest BCUT2D eigenvalue weighted by Crippen LogP contribution is 2.29. The van der Waals surface area contributed by atoms with E-state index in [0.29, 0.717) is 25.0 Å². The lowest BCUT2D eigenvalue weighted by molar-refractivity contribution is -0.142. The van der Waals surface area contributed by atoms with Crippen LogP contribution < -0.4 is 4.90 Å². The largest absolute Gasteiger partial charge is 0.465 e. The number of rotatable bonds is 6. The molecule has 2 aromatic rings.